The van der Waals surface area contributed by atoms with Crippen LogP contribution in [0.4, 0.5) is 0 Å². The molecule has 0 spiro atoms. The van der Waals surface area contributed by atoms with Crippen molar-refractivity contribution in [1.29, 1.82) is 0 Å². The van der Waals surface area contributed by atoms with Crippen LogP contribution in [0.1, 0.15) is 50.8 Å². The number of likely N-dealkylation sites (N-methyl/N-ethyl adjacent to an activating group) is 1. The van der Waals surface area contributed by atoms with Gasteiger partial charge in [0.05, 0.1) is 0 Å². The number of hydrogen-bond donors (Lipinski definition) is 1. The lowest BCUT2D eigenvalue weighted by Gasteiger charge is -2.30. The predicted octanol–water partition coefficient (Wildman–Crippen LogP) is 4.22. The Kier molecular flexibility index (Phi) is 8.04. The van der Waals surface area contributed by atoms with E-state index in [-0.39, 0.29) is 23.8 Å². The zero-order chi connectivity index (χ0) is 22.3. The molecule has 0 heterocycles. The van der Waals surface area contributed by atoms with E-state index in [0.29, 0.717) is 18.7 Å². The van der Waals surface area contributed by atoms with Gasteiger partial charge in [0.25, 0.3) is 5.91 Å². The first-order valence-electron chi connectivity index (χ1n) is 10.5. The third-order valence-corrected chi connectivity index (χ3v) is 5.11. The summed E-state index contributed by atoms with van der Waals surface area (Å²) in [7, 11) is 1.59. The van der Waals surface area contributed by atoms with Crippen LogP contribution in [-0.2, 0) is 21.5 Å². The van der Waals surface area contributed by atoms with Gasteiger partial charge in [-0.1, -0.05) is 75.7 Å². The third-order valence-electron chi connectivity index (χ3n) is 5.11. The topological polar surface area (TPSA) is 58.6 Å². The van der Waals surface area contributed by atoms with Crippen LogP contribution in [0.15, 0.2) is 48.5 Å². The molecule has 2 amide bonds. The van der Waals surface area contributed by atoms with Gasteiger partial charge in [-0.2, -0.15) is 0 Å². The molecule has 2 aromatic carbocycles. The second-order valence-electron chi connectivity index (χ2n) is 8.58. The molecule has 5 heteroatoms. The number of benzene rings is 2. The van der Waals surface area contributed by atoms with Gasteiger partial charge in [0, 0.05) is 13.6 Å². The second-order valence-corrected chi connectivity index (χ2v) is 8.58. The first-order chi connectivity index (χ1) is 14.2. The average molecular weight is 411 g/mol. The van der Waals surface area contributed by atoms with Crippen molar-refractivity contribution in [3.8, 4) is 5.75 Å². The quantitative estimate of drug-likeness (QED) is 0.709. The summed E-state index contributed by atoms with van der Waals surface area (Å²) in [6.07, 6.45) is 0.524. The van der Waals surface area contributed by atoms with Crippen LogP contribution in [-0.4, -0.2) is 36.4 Å². The van der Waals surface area contributed by atoms with Gasteiger partial charge in [0.2, 0.25) is 5.91 Å². The van der Waals surface area contributed by atoms with Crippen molar-refractivity contribution in [2.45, 2.75) is 59.0 Å². The standard InChI is InChI=1S/C25H34N2O3/c1-7-21(24(29)26-6)27(16-19-12-10-11-18(2)15-19)23(28)17-30-22-14-9-8-13-20(22)25(3,4)5/h8-15,21H,7,16-17H2,1-6H3,(H,26,29)/t21-/m1/s1. The van der Waals surface area contributed by atoms with E-state index in [2.05, 4.69) is 26.1 Å². The SMILES string of the molecule is CC[C@H](C(=O)NC)N(Cc1cccc(C)c1)C(=O)COc1ccccc1C(C)(C)C. The number of ether oxygens (including phenoxy) is 1. The van der Waals surface area contributed by atoms with Crippen LogP contribution in [0, 0.1) is 6.92 Å². The van der Waals surface area contributed by atoms with E-state index in [9.17, 15) is 9.59 Å². The Morgan fingerprint density at radius 1 is 1.10 bits per heavy atom. The minimum atomic E-state index is -0.551. The molecule has 0 aromatic heterocycles. The summed E-state index contributed by atoms with van der Waals surface area (Å²) in [6.45, 7) is 10.5. The molecule has 0 aliphatic carbocycles. The van der Waals surface area contributed by atoms with E-state index in [1.165, 1.54) is 0 Å². The molecule has 2 aromatic rings. The highest BCUT2D eigenvalue weighted by atomic mass is 16.5. The van der Waals surface area contributed by atoms with Crippen LogP contribution >= 0.6 is 0 Å². The highest BCUT2D eigenvalue weighted by molar-refractivity contribution is 5.88. The number of carbonyl (C=O) groups excluding carboxylic acids is 2. The number of rotatable bonds is 8. The number of nitrogens with zero attached hydrogens (tertiary/aromatic N) is 1. The van der Waals surface area contributed by atoms with Crippen molar-refractivity contribution in [2.75, 3.05) is 13.7 Å². The molecule has 0 saturated heterocycles. The van der Waals surface area contributed by atoms with Crippen LogP contribution < -0.4 is 10.1 Å². The summed E-state index contributed by atoms with van der Waals surface area (Å²) in [6, 6.07) is 15.2. The zero-order valence-electron chi connectivity index (χ0n) is 19.0. The Morgan fingerprint density at radius 2 is 1.80 bits per heavy atom. The summed E-state index contributed by atoms with van der Waals surface area (Å²) in [5.41, 5.74) is 3.04. The largest absolute Gasteiger partial charge is 0.483 e. The lowest BCUT2D eigenvalue weighted by atomic mass is 9.86. The Balaban J connectivity index is 2.25. The molecule has 0 unspecified atom stereocenters. The van der Waals surface area contributed by atoms with Crippen molar-refractivity contribution in [3.63, 3.8) is 0 Å². The van der Waals surface area contributed by atoms with E-state index >= 15 is 0 Å². The Labute approximate surface area is 180 Å². The molecule has 30 heavy (non-hydrogen) atoms. The van der Waals surface area contributed by atoms with E-state index in [1.54, 1.807) is 11.9 Å². The molecule has 0 radical (unpaired) electrons. The normalized spacial score (nSPS) is 12.2. The maximum atomic E-state index is 13.2. The molecular formula is C25H34N2O3. The minimum absolute atomic E-state index is 0.102. The highest BCUT2D eigenvalue weighted by Gasteiger charge is 2.29. The lowest BCUT2D eigenvalue weighted by molar-refractivity contribution is -0.142. The lowest BCUT2D eigenvalue weighted by Crippen LogP contribution is -2.49. The fourth-order valence-electron chi connectivity index (χ4n) is 3.53. The predicted molar refractivity (Wildman–Crippen MR) is 121 cm³/mol. The fourth-order valence-corrected chi connectivity index (χ4v) is 3.53. The van der Waals surface area contributed by atoms with Gasteiger partial charge >= 0.3 is 0 Å². The summed E-state index contributed by atoms with van der Waals surface area (Å²) in [5.74, 6) is 0.311. The monoisotopic (exact) mass is 410 g/mol. The Morgan fingerprint density at radius 3 is 2.40 bits per heavy atom. The molecule has 0 aliphatic heterocycles. The van der Waals surface area contributed by atoms with Gasteiger partial charge in [-0.15, -0.1) is 0 Å². The number of para-hydroxylation sites is 1. The van der Waals surface area contributed by atoms with E-state index in [1.807, 2.05) is 62.4 Å². The molecule has 5 nitrogen and oxygen atoms in total. The van der Waals surface area contributed by atoms with Gasteiger partial charge in [0.15, 0.2) is 6.61 Å². The number of hydrogen-bond acceptors (Lipinski definition) is 3. The van der Waals surface area contributed by atoms with E-state index < -0.39 is 6.04 Å². The van der Waals surface area contributed by atoms with E-state index in [0.717, 1.165) is 16.7 Å². The first kappa shape index (κ1) is 23.5. The molecule has 2 rings (SSSR count). The van der Waals surface area contributed by atoms with Crippen molar-refractivity contribution in [2.24, 2.45) is 0 Å². The fraction of sp³-hybridized carbons (Fsp3) is 0.440. The highest BCUT2D eigenvalue weighted by Crippen LogP contribution is 2.31. The van der Waals surface area contributed by atoms with E-state index in [4.69, 9.17) is 4.74 Å². The molecule has 162 valence electrons. The first-order valence-corrected chi connectivity index (χ1v) is 10.5. The van der Waals surface area contributed by atoms with Crippen molar-refractivity contribution in [3.05, 3.63) is 65.2 Å². The molecule has 0 aliphatic rings. The van der Waals surface area contributed by atoms with Gasteiger partial charge in [-0.3, -0.25) is 9.59 Å². The average Bonchev–Trinajstić information content (AvgIpc) is 2.71. The maximum Gasteiger partial charge on any atom is 0.261 e. The molecule has 0 fully saturated rings. The maximum absolute atomic E-state index is 13.2. The van der Waals surface area contributed by atoms with Crippen LogP contribution in [0.3, 0.4) is 0 Å². The molecule has 0 bridgehead atoms. The summed E-state index contributed by atoms with van der Waals surface area (Å²) in [4.78, 5) is 27.3. The summed E-state index contributed by atoms with van der Waals surface area (Å²) >= 11 is 0. The molecule has 1 N–H and O–H groups in total. The Hall–Kier alpha value is -2.82. The van der Waals surface area contributed by atoms with Gasteiger partial charge in [-0.05, 0) is 36.0 Å². The smallest absolute Gasteiger partial charge is 0.261 e. The van der Waals surface area contributed by atoms with Gasteiger partial charge in [0.1, 0.15) is 11.8 Å². The van der Waals surface area contributed by atoms with Crippen molar-refractivity contribution >= 4 is 11.8 Å². The van der Waals surface area contributed by atoms with Crippen LogP contribution in [0.2, 0.25) is 0 Å². The number of amides is 2. The van der Waals surface area contributed by atoms with Gasteiger partial charge in [-0.25, -0.2) is 0 Å². The minimum Gasteiger partial charge on any atom is -0.483 e. The number of carbonyl (C=O) groups is 2. The summed E-state index contributed by atoms with van der Waals surface area (Å²) < 4.78 is 5.95. The van der Waals surface area contributed by atoms with Crippen LogP contribution in [0.5, 0.6) is 5.75 Å². The Bertz CT molecular complexity index is 871. The second kappa shape index (κ2) is 10.3. The summed E-state index contributed by atoms with van der Waals surface area (Å²) in [5, 5.41) is 2.68. The van der Waals surface area contributed by atoms with Crippen molar-refractivity contribution in [1.82, 2.24) is 10.2 Å². The number of nitrogens with one attached hydrogen (secondary N) is 1. The van der Waals surface area contributed by atoms with Gasteiger partial charge < -0.3 is 15.0 Å². The number of aryl methyl sites for hydroxylation is 1. The molecular weight excluding hydrogens is 376 g/mol. The zero-order valence-corrected chi connectivity index (χ0v) is 19.0. The van der Waals surface area contributed by atoms with Crippen LogP contribution in [0.25, 0.3) is 0 Å². The van der Waals surface area contributed by atoms with Crippen molar-refractivity contribution < 1.29 is 14.3 Å². The molecule has 1 atom stereocenters. The third kappa shape index (κ3) is 6.09. The molecule has 0 saturated carbocycles.